The molecule has 1 aromatic heterocycles. The second-order valence-corrected chi connectivity index (χ2v) is 7.63. The summed E-state index contributed by atoms with van der Waals surface area (Å²) in [7, 11) is 0. The van der Waals surface area contributed by atoms with Crippen LogP contribution in [0.15, 0.2) is 23.3 Å². The molecule has 1 aliphatic carbocycles. The molecule has 30 heavy (non-hydrogen) atoms. The maximum atomic E-state index is 12.0. The minimum Gasteiger partial charge on any atom is -0.478 e. The van der Waals surface area contributed by atoms with Crippen molar-refractivity contribution < 1.29 is 9.53 Å². The van der Waals surface area contributed by atoms with E-state index < -0.39 is 0 Å². The number of aromatic nitrogens is 1. The molecule has 1 saturated heterocycles. The molecular formula is C21H35IN6O2. The standard InChI is InChI=1S/C21H34N6O2.HI/c1-3-13-29-20-8-5-17(14-23-20)15-24-21(22-4-2)27-11-9-26(10-12-27)16-19(28)25-18-6-7-18;/h5,8,14,18H,3-4,6-7,9-13,15-16H2,1-2H3,(H,22,24)(H,25,28);1H. The summed E-state index contributed by atoms with van der Waals surface area (Å²) in [6, 6.07) is 4.35. The average molecular weight is 530 g/mol. The third-order valence-electron chi connectivity index (χ3n) is 4.98. The zero-order valence-corrected chi connectivity index (χ0v) is 20.4. The van der Waals surface area contributed by atoms with Crippen LogP contribution in [-0.2, 0) is 11.3 Å². The van der Waals surface area contributed by atoms with Crippen molar-refractivity contribution in [2.75, 3.05) is 45.9 Å². The Bertz CT molecular complexity index is 673. The van der Waals surface area contributed by atoms with Crippen LogP contribution in [0, 0.1) is 0 Å². The second kappa shape index (κ2) is 12.9. The van der Waals surface area contributed by atoms with E-state index in [9.17, 15) is 4.79 Å². The fraction of sp³-hybridized carbons (Fsp3) is 0.667. The maximum Gasteiger partial charge on any atom is 0.234 e. The van der Waals surface area contributed by atoms with E-state index >= 15 is 0 Å². The Kier molecular flexibility index (Phi) is 10.6. The summed E-state index contributed by atoms with van der Waals surface area (Å²) < 4.78 is 5.53. The number of piperazine rings is 1. The number of guanidine groups is 1. The molecule has 3 rings (SSSR count). The van der Waals surface area contributed by atoms with Gasteiger partial charge in [0.2, 0.25) is 11.8 Å². The number of rotatable bonds is 9. The molecule has 0 bridgehead atoms. The zero-order chi connectivity index (χ0) is 20.5. The van der Waals surface area contributed by atoms with Gasteiger partial charge in [0.05, 0.1) is 19.7 Å². The van der Waals surface area contributed by atoms with Gasteiger partial charge >= 0.3 is 0 Å². The number of nitrogens with one attached hydrogen (secondary N) is 2. The Hall–Kier alpha value is -1.62. The first-order valence-corrected chi connectivity index (χ1v) is 10.8. The molecule has 1 aromatic rings. The molecule has 1 saturated carbocycles. The van der Waals surface area contributed by atoms with Crippen molar-refractivity contribution >= 4 is 35.8 Å². The quantitative estimate of drug-likeness (QED) is 0.288. The number of pyridine rings is 1. The Morgan fingerprint density at radius 1 is 1.23 bits per heavy atom. The van der Waals surface area contributed by atoms with Gasteiger partial charge in [-0.05, 0) is 31.7 Å². The molecular weight excluding hydrogens is 495 g/mol. The van der Waals surface area contributed by atoms with Crippen molar-refractivity contribution in [3.05, 3.63) is 23.9 Å². The predicted octanol–water partition coefficient (Wildman–Crippen LogP) is 1.85. The monoisotopic (exact) mass is 530 g/mol. The topological polar surface area (TPSA) is 82.1 Å². The molecule has 168 valence electrons. The van der Waals surface area contributed by atoms with E-state index in [1.54, 1.807) is 0 Å². The molecule has 0 unspecified atom stereocenters. The minimum atomic E-state index is 0. The highest BCUT2D eigenvalue weighted by Gasteiger charge is 2.25. The first kappa shape index (κ1) is 24.6. The third kappa shape index (κ3) is 8.25. The molecule has 0 aromatic carbocycles. The van der Waals surface area contributed by atoms with Crippen molar-refractivity contribution in [2.24, 2.45) is 4.99 Å². The highest BCUT2D eigenvalue weighted by Crippen LogP contribution is 2.18. The van der Waals surface area contributed by atoms with Gasteiger partial charge in [-0.2, -0.15) is 0 Å². The van der Waals surface area contributed by atoms with Gasteiger partial charge in [0, 0.05) is 51.0 Å². The van der Waals surface area contributed by atoms with Crippen LogP contribution in [0.25, 0.3) is 0 Å². The predicted molar refractivity (Wildman–Crippen MR) is 129 cm³/mol. The van der Waals surface area contributed by atoms with Gasteiger partial charge < -0.3 is 20.3 Å². The average Bonchev–Trinajstić information content (AvgIpc) is 3.55. The van der Waals surface area contributed by atoms with Gasteiger partial charge in [-0.15, -0.1) is 24.0 Å². The van der Waals surface area contributed by atoms with Gasteiger partial charge in [-0.25, -0.2) is 9.98 Å². The van der Waals surface area contributed by atoms with Gasteiger partial charge in [-0.1, -0.05) is 13.0 Å². The fourth-order valence-corrected chi connectivity index (χ4v) is 3.21. The molecule has 1 amide bonds. The summed E-state index contributed by atoms with van der Waals surface area (Å²) in [5.74, 6) is 1.73. The highest BCUT2D eigenvalue weighted by molar-refractivity contribution is 14.0. The van der Waals surface area contributed by atoms with Gasteiger partial charge in [0.1, 0.15) is 0 Å². The van der Waals surface area contributed by atoms with Crippen LogP contribution in [0.5, 0.6) is 5.88 Å². The van der Waals surface area contributed by atoms with Crippen LogP contribution >= 0.6 is 24.0 Å². The molecule has 9 heteroatoms. The zero-order valence-electron chi connectivity index (χ0n) is 18.1. The first-order valence-electron chi connectivity index (χ1n) is 10.8. The number of ether oxygens (including phenoxy) is 1. The second-order valence-electron chi connectivity index (χ2n) is 7.63. The van der Waals surface area contributed by atoms with E-state index in [0.717, 1.165) is 63.5 Å². The van der Waals surface area contributed by atoms with E-state index in [-0.39, 0.29) is 29.9 Å². The number of hydrogen-bond acceptors (Lipinski definition) is 5. The number of hydrogen-bond donors (Lipinski definition) is 2. The van der Waals surface area contributed by atoms with Crippen LogP contribution in [0.3, 0.4) is 0 Å². The molecule has 8 nitrogen and oxygen atoms in total. The molecule has 0 radical (unpaired) electrons. The summed E-state index contributed by atoms with van der Waals surface area (Å²) in [6.45, 7) is 10.2. The Morgan fingerprint density at radius 3 is 2.60 bits per heavy atom. The van der Waals surface area contributed by atoms with Crippen molar-refractivity contribution in [2.45, 2.75) is 45.7 Å². The van der Waals surface area contributed by atoms with Crippen molar-refractivity contribution in [3.8, 4) is 5.88 Å². The lowest BCUT2D eigenvalue weighted by molar-refractivity contribution is -0.122. The van der Waals surface area contributed by atoms with Crippen LogP contribution in [0.4, 0.5) is 0 Å². The summed E-state index contributed by atoms with van der Waals surface area (Å²) in [6.07, 6.45) is 5.06. The number of amides is 1. The molecule has 2 fully saturated rings. The van der Waals surface area contributed by atoms with Gasteiger partial charge in [0.15, 0.2) is 5.96 Å². The van der Waals surface area contributed by atoms with Gasteiger partial charge in [-0.3, -0.25) is 9.69 Å². The fourth-order valence-electron chi connectivity index (χ4n) is 3.21. The van der Waals surface area contributed by atoms with Crippen molar-refractivity contribution in [3.63, 3.8) is 0 Å². The highest BCUT2D eigenvalue weighted by atomic mass is 127. The first-order chi connectivity index (χ1) is 14.2. The molecule has 2 aliphatic rings. The molecule has 0 spiro atoms. The SMILES string of the molecule is CCCOc1ccc(CN=C(NCC)N2CCN(CC(=O)NC3CC3)CC2)cn1.I. The van der Waals surface area contributed by atoms with Crippen LogP contribution in [0.2, 0.25) is 0 Å². The van der Waals surface area contributed by atoms with Crippen molar-refractivity contribution in [1.29, 1.82) is 0 Å². The minimum absolute atomic E-state index is 0. The normalized spacial score (nSPS) is 17.3. The summed E-state index contributed by atoms with van der Waals surface area (Å²) in [5.41, 5.74) is 1.06. The maximum absolute atomic E-state index is 12.0. The summed E-state index contributed by atoms with van der Waals surface area (Å²) in [5, 5.41) is 6.45. The summed E-state index contributed by atoms with van der Waals surface area (Å²) in [4.78, 5) is 25.6. The van der Waals surface area contributed by atoms with Gasteiger partial charge in [0.25, 0.3) is 0 Å². The van der Waals surface area contributed by atoms with E-state index in [0.29, 0.717) is 31.6 Å². The Morgan fingerprint density at radius 2 is 2.00 bits per heavy atom. The van der Waals surface area contributed by atoms with Crippen LogP contribution in [0.1, 0.15) is 38.7 Å². The number of aliphatic imine (C=N–C) groups is 1. The lowest BCUT2D eigenvalue weighted by Gasteiger charge is -2.36. The number of halogens is 1. The number of nitrogens with zero attached hydrogens (tertiary/aromatic N) is 4. The number of carbonyl (C=O) groups excluding carboxylic acids is 1. The van der Waals surface area contributed by atoms with E-state index in [1.165, 1.54) is 0 Å². The Labute approximate surface area is 196 Å². The lowest BCUT2D eigenvalue weighted by atomic mass is 10.3. The van der Waals surface area contributed by atoms with Crippen LogP contribution < -0.4 is 15.4 Å². The summed E-state index contributed by atoms with van der Waals surface area (Å²) >= 11 is 0. The molecule has 0 atom stereocenters. The van der Waals surface area contributed by atoms with E-state index in [1.807, 2.05) is 18.3 Å². The largest absolute Gasteiger partial charge is 0.478 e. The van der Waals surface area contributed by atoms with Crippen LogP contribution in [-0.4, -0.2) is 78.6 Å². The molecule has 1 aliphatic heterocycles. The molecule has 2 N–H and O–H groups in total. The lowest BCUT2D eigenvalue weighted by Crippen LogP contribution is -2.54. The Balaban J connectivity index is 0.00000320. The van der Waals surface area contributed by atoms with Crippen molar-refractivity contribution in [1.82, 2.24) is 25.4 Å². The molecule has 2 heterocycles. The van der Waals surface area contributed by atoms with E-state index in [4.69, 9.17) is 9.73 Å². The third-order valence-corrected chi connectivity index (χ3v) is 4.98. The number of carbonyl (C=O) groups is 1. The smallest absolute Gasteiger partial charge is 0.234 e. The van der Waals surface area contributed by atoms with E-state index in [2.05, 4.69) is 39.3 Å².